The number of benzene rings is 2. The van der Waals surface area contributed by atoms with Crippen LogP contribution < -0.4 is 10.1 Å². The molecule has 1 atom stereocenters. The Balaban J connectivity index is 2.25. The molecule has 0 heterocycles. The predicted molar refractivity (Wildman–Crippen MR) is 80.9 cm³/mol. The van der Waals surface area contributed by atoms with Gasteiger partial charge in [-0.2, -0.15) is 0 Å². The largest absolute Gasteiger partial charge is 0.496 e. The molecule has 0 fully saturated rings. The lowest BCUT2D eigenvalue weighted by Crippen LogP contribution is -2.08. The molecule has 1 unspecified atom stereocenters. The molecule has 2 aromatic carbocycles. The molecule has 0 saturated heterocycles. The van der Waals surface area contributed by atoms with Crippen molar-refractivity contribution in [3.63, 3.8) is 0 Å². The summed E-state index contributed by atoms with van der Waals surface area (Å²) in [5.41, 5.74) is 4.73. The van der Waals surface area contributed by atoms with E-state index in [9.17, 15) is 0 Å². The van der Waals surface area contributed by atoms with Crippen molar-refractivity contribution < 1.29 is 4.74 Å². The van der Waals surface area contributed by atoms with Crippen LogP contribution in [0.1, 0.15) is 29.7 Å². The van der Waals surface area contributed by atoms with E-state index in [1.807, 2.05) is 6.07 Å². The second kappa shape index (κ2) is 5.79. The molecular weight excluding hydrogens is 234 g/mol. The lowest BCUT2D eigenvalue weighted by Gasteiger charge is -2.19. The van der Waals surface area contributed by atoms with Gasteiger partial charge < -0.3 is 10.1 Å². The first-order valence-corrected chi connectivity index (χ1v) is 6.59. The van der Waals surface area contributed by atoms with Crippen molar-refractivity contribution in [2.24, 2.45) is 0 Å². The summed E-state index contributed by atoms with van der Waals surface area (Å²) >= 11 is 0. The fourth-order valence-corrected chi connectivity index (χ4v) is 2.36. The van der Waals surface area contributed by atoms with Gasteiger partial charge in [0.05, 0.1) is 7.11 Å². The molecule has 19 heavy (non-hydrogen) atoms. The van der Waals surface area contributed by atoms with Gasteiger partial charge in [0.25, 0.3) is 0 Å². The minimum Gasteiger partial charge on any atom is -0.496 e. The highest BCUT2D eigenvalue weighted by Gasteiger charge is 2.10. The second-order valence-electron chi connectivity index (χ2n) is 4.86. The highest BCUT2D eigenvalue weighted by molar-refractivity contribution is 5.60. The van der Waals surface area contributed by atoms with E-state index in [0.29, 0.717) is 0 Å². The summed E-state index contributed by atoms with van der Waals surface area (Å²) in [4.78, 5) is 0. The zero-order valence-electron chi connectivity index (χ0n) is 12.0. The van der Waals surface area contributed by atoms with Gasteiger partial charge in [-0.05, 0) is 38.0 Å². The Morgan fingerprint density at radius 3 is 2.32 bits per heavy atom. The van der Waals surface area contributed by atoms with Crippen LogP contribution in [0.5, 0.6) is 5.75 Å². The van der Waals surface area contributed by atoms with E-state index in [2.05, 4.69) is 62.5 Å². The van der Waals surface area contributed by atoms with Gasteiger partial charge in [0.2, 0.25) is 0 Å². The molecule has 2 nitrogen and oxygen atoms in total. The molecule has 0 radical (unpaired) electrons. The molecule has 0 aromatic heterocycles. The Hall–Kier alpha value is -1.96. The van der Waals surface area contributed by atoms with Gasteiger partial charge in [-0.15, -0.1) is 0 Å². The van der Waals surface area contributed by atoms with Crippen LogP contribution in [0.2, 0.25) is 0 Å². The van der Waals surface area contributed by atoms with Crippen molar-refractivity contribution in [1.82, 2.24) is 0 Å². The summed E-state index contributed by atoms with van der Waals surface area (Å²) in [6, 6.07) is 14.9. The second-order valence-corrected chi connectivity index (χ2v) is 4.86. The molecule has 100 valence electrons. The van der Waals surface area contributed by atoms with Crippen molar-refractivity contribution in [3.8, 4) is 5.75 Å². The lowest BCUT2D eigenvalue weighted by molar-refractivity contribution is 0.409. The molecule has 1 N–H and O–H groups in total. The molecular formula is C17H21NO. The summed E-state index contributed by atoms with van der Waals surface area (Å²) < 4.78 is 5.46. The molecule has 0 aliphatic heterocycles. The van der Waals surface area contributed by atoms with Crippen LogP contribution in [0.3, 0.4) is 0 Å². The molecule has 0 spiro atoms. The molecule has 0 bridgehead atoms. The fraction of sp³-hybridized carbons (Fsp3) is 0.294. The van der Waals surface area contributed by atoms with Gasteiger partial charge in [-0.3, -0.25) is 0 Å². The van der Waals surface area contributed by atoms with E-state index >= 15 is 0 Å². The van der Waals surface area contributed by atoms with Crippen LogP contribution in [0.25, 0.3) is 0 Å². The summed E-state index contributed by atoms with van der Waals surface area (Å²) in [5, 5.41) is 3.55. The van der Waals surface area contributed by atoms with Crippen molar-refractivity contribution >= 4 is 5.69 Å². The van der Waals surface area contributed by atoms with E-state index in [1.54, 1.807) is 7.11 Å². The third kappa shape index (κ3) is 2.90. The number of anilines is 1. The van der Waals surface area contributed by atoms with Crippen LogP contribution in [-0.4, -0.2) is 7.11 Å². The number of ether oxygens (including phenoxy) is 1. The van der Waals surface area contributed by atoms with Crippen LogP contribution in [0.15, 0.2) is 42.5 Å². The third-order valence-corrected chi connectivity index (χ3v) is 3.48. The minimum absolute atomic E-state index is 0.271. The summed E-state index contributed by atoms with van der Waals surface area (Å²) in [6.07, 6.45) is 0. The van der Waals surface area contributed by atoms with E-state index < -0.39 is 0 Å². The molecule has 0 aliphatic rings. The number of nitrogens with one attached hydrogen (secondary N) is 1. The zero-order chi connectivity index (χ0) is 13.8. The van der Waals surface area contributed by atoms with E-state index in [0.717, 1.165) is 22.6 Å². The lowest BCUT2D eigenvalue weighted by atomic mass is 10.1. The van der Waals surface area contributed by atoms with Crippen molar-refractivity contribution in [1.29, 1.82) is 0 Å². The quantitative estimate of drug-likeness (QED) is 0.869. The SMILES string of the molecule is COc1c(C)ccc(NC(C)c2ccccc2)c1C. The number of hydrogen-bond acceptors (Lipinski definition) is 2. The Morgan fingerprint density at radius 2 is 1.68 bits per heavy atom. The Bertz CT molecular complexity index is 549. The normalized spacial score (nSPS) is 12.0. The van der Waals surface area contributed by atoms with Gasteiger partial charge in [0.1, 0.15) is 5.75 Å². The van der Waals surface area contributed by atoms with Crippen molar-refractivity contribution in [2.45, 2.75) is 26.8 Å². The molecule has 0 aliphatic carbocycles. The zero-order valence-corrected chi connectivity index (χ0v) is 12.0. The monoisotopic (exact) mass is 255 g/mol. The molecule has 2 aromatic rings. The average Bonchev–Trinajstić information content (AvgIpc) is 2.43. The van der Waals surface area contributed by atoms with Crippen LogP contribution in [-0.2, 0) is 0 Å². The van der Waals surface area contributed by atoms with Crippen LogP contribution in [0, 0.1) is 13.8 Å². The van der Waals surface area contributed by atoms with Crippen molar-refractivity contribution in [2.75, 3.05) is 12.4 Å². The van der Waals surface area contributed by atoms with Gasteiger partial charge in [0, 0.05) is 17.3 Å². The Morgan fingerprint density at radius 1 is 1.00 bits per heavy atom. The van der Waals surface area contributed by atoms with Gasteiger partial charge in [0.15, 0.2) is 0 Å². The summed E-state index contributed by atoms with van der Waals surface area (Å²) in [7, 11) is 1.72. The number of methoxy groups -OCH3 is 1. The minimum atomic E-state index is 0.271. The topological polar surface area (TPSA) is 21.3 Å². The Labute approximate surface area is 115 Å². The van der Waals surface area contributed by atoms with Crippen molar-refractivity contribution in [3.05, 3.63) is 59.2 Å². The third-order valence-electron chi connectivity index (χ3n) is 3.48. The predicted octanol–water partition coefficient (Wildman–Crippen LogP) is 4.49. The first-order valence-electron chi connectivity index (χ1n) is 6.59. The highest BCUT2D eigenvalue weighted by Crippen LogP contribution is 2.31. The van der Waals surface area contributed by atoms with Gasteiger partial charge in [-0.25, -0.2) is 0 Å². The van der Waals surface area contributed by atoms with E-state index in [1.165, 1.54) is 5.56 Å². The maximum Gasteiger partial charge on any atom is 0.126 e. The first kappa shape index (κ1) is 13.5. The maximum absolute atomic E-state index is 5.46. The smallest absolute Gasteiger partial charge is 0.126 e. The van der Waals surface area contributed by atoms with Gasteiger partial charge in [-0.1, -0.05) is 36.4 Å². The molecule has 2 heteroatoms. The average molecular weight is 255 g/mol. The first-order chi connectivity index (χ1) is 9.13. The van der Waals surface area contributed by atoms with Crippen LogP contribution in [0.4, 0.5) is 5.69 Å². The maximum atomic E-state index is 5.46. The summed E-state index contributed by atoms with van der Waals surface area (Å²) in [6.45, 7) is 6.32. The number of hydrogen-bond donors (Lipinski definition) is 1. The molecule has 0 amide bonds. The fourth-order valence-electron chi connectivity index (χ4n) is 2.36. The standard InChI is InChI=1S/C17H21NO/c1-12-10-11-16(13(2)17(12)19-4)18-14(3)15-8-6-5-7-9-15/h5-11,14,18H,1-4H3. The van der Waals surface area contributed by atoms with Gasteiger partial charge >= 0.3 is 0 Å². The van der Waals surface area contributed by atoms with Crippen LogP contribution >= 0.6 is 0 Å². The number of aryl methyl sites for hydroxylation is 1. The molecule has 2 rings (SSSR count). The highest BCUT2D eigenvalue weighted by atomic mass is 16.5. The van der Waals surface area contributed by atoms with E-state index in [4.69, 9.17) is 4.74 Å². The van der Waals surface area contributed by atoms with E-state index in [-0.39, 0.29) is 6.04 Å². The Kier molecular flexibility index (Phi) is 4.10. The molecule has 0 saturated carbocycles. The number of rotatable bonds is 4. The summed E-state index contributed by atoms with van der Waals surface area (Å²) in [5.74, 6) is 0.963.